The molecule has 1 N–H and O–H groups in total. The highest BCUT2D eigenvalue weighted by atomic mass is 79.9. The first-order valence-electron chi connectivity index (χ1n) is 3.01. The van der Waals surface area contributed by atoms with Crippen LogP contribution in [-0.4, -0.2) is 4.45 Å². The van der Waals surface area contributed by atoms with Gasteiger partial charge >= 0.3 is 0 Å². The first-order chi connectivity index (χ1) is 5.59. The smallest absolute Gasteiger partial charge is 0.171 e. The molecule has 0 bridgehead atoms. The number of halogens is 3. The summed E-state index contributed by atoms with van der Waals surface area (Å²) < 4.78 is 13.3. The average molecular weight is 269 g/mol. The van der Waals surface area contributed by atoms with Gasteiger partial charge in [0.2, 0.25) is 0 Å². The van der Waals surface area contributed by atoms with Crippen LogP contribution in [0.25, 0.3) is 0 Å². The van der Waals surface area contributed by atoms with E-state index in [0.29, 0.717) is 10.2 Å². The Bertz CT molecular complexity index is 318. The Morgan fingerprint density at radius 3 is 2.75 bits per heavy atom. The molecule has 0 atom stereocenters. The van der Waals surface area contributed by atoms with Crippen LogP contribution in [0.3, 0.4) is 0 Å². The molecule has 0 aliphatic heterocycles. The lowest BCUT2D eigenvalue weighted by Gasteiger charge is -2.04. The van der Waals surface area contributed by atoms with Gasteiger partial charge in [-0.1, -0.05) is 11.6 Å². The summed E-state index contributed by atoms with van der Waals surface area (Å²) in [6.07, 6.45) is 0. The predicted octanol–water partition coefficient (Wildman–Crippen LogP) is 3.52. The monoisotopic (exact) mass is 267 g/mol. The van der Waals surface area contributed by atoms with Crippen molar-refractivity contribution >= 4 is 49.9 Å². The summed E-state index contributed by atoms with van der Waals surface area (Å²) in [6, 6.07) is 4.20. The number of benzene rings is 1. The van der Waals surface area contributed by atoms with Crippen molar-refractivity contribution in [3.05, 3.63) is 28.5 Å². The van der Waals surface area contributed by atoms with Gasteiger partial charge in [0.05, 0.1) is 5.69 Å². The Labute approximate surface area is 88.0 Å². The number of nitrogens with one attached hydrogen (secondary N) is 1. The summed E-state index contributed by atoms with van der Waals surface area (Å²) in [5, 5.41) is 2.68. The fraction of sp³-hybridized carbons (Fsp3) is 0. The maximum absolute atomic E-state index is 12.6. The molecule has 0 unspecified atom stereocenters. The van der Waals surface area contributed by atoms with E-state index in [1.54, 1.807) is 6.07 Å². The topological polar surface area (TPSA) is 12.0 Å². The Hall–Kier alpha value is -0.190. The fourth-order valence-electron chi connectivity index (χ4n) is 0.697. The average Bonchev–Trinajstić information content (AvgIpc) is 1.94. The van der Waals surface area contributed by atoms with E-state index in [-0.39, 0.29) is 10.3 Å². The molecule has 5 heteroatoms. The van der Waals surface area contributed by atoms with Gasteiger partial charge in [0.15, 0.2) is 4.45 Å². The first kappa shape index (κ1) is 9.89. The SMILES string of the molecule is Fc1ccc(NC(=S)Cl)c(Br)c1. The molecular formula is C7H4BrClFNS. The van der Waals surface area contributed by atoms with Crippen molar-refractivity contribution in [2.75, 3.05) is 5.32 Å². The van der Waals surface area contributed by atoms with E-state index in [0.717, 1.165) is 0 Å². The number of hydrogen-bond donors (Lipinski definition) is 1. The molecule has 1 rings (SSSR count). The minimum absolute atomic E-state index is 0.127. The Kier molecular flexibility index (Phi) is 3.43. The zero-order valence-corrected chi connectivity index (χ0v) is 8.93. The third-order valence-corrected chi connectivity index (χ3v) is 2.02. The summed E-state index contributed by atoms with van der Waals surface area (Å²) in [5.41, 5.74) is 0.649. The molecule has 1 aromatic carbocycles. The van der Waals surface area contributed by atoms with Crippen molar-refractivity contribution in [3.63, 3.8) is 0 Å². The molecular weight excluding hydrogens is 265 g/mol. The van der Waals surface area contributed by atoms with Gasteiger partial charge in [-0.05, 0) is 46.3 Å². The summed E-state index contributed by atoms with van der Waals surface area (Å²) in [6.45, 7) is 0. The summed E-state index contributed by atoms with van der Waals surface area (Å²) in [5.74, 6) is -0.312. The molecule has 12 heavy (non-hydrogen) atoms. The first-order valence-corrected chi connectivity index (χ1v) is 4.59. The van der Waals surface area contributed by atoms with Crippen LogP contribution >= 0.6 is 39.7 Å². The zero-order chi connectivity index (χ0) is 9.14. The lowest BCUT2D eigenvalue weighted by Crippen LogP contribution is -2.01. The van der Waals surface area contributed by atoms with Crippen LogP contribution in [-0.2, 0) is 0 Å². The Balaban J connectivity index is 2.93. The van der Waals surface area contributed by atoms with E-state index in [9.17, 15) is 4.39 Å². The number of hydrogen-bond acceptors (Lipinski definition) is 1. The highest BCUT2D eigenvalue weighted by Gasteiger charge is 2.01. The van der Waals surface area contributed by atoms with Gasteiger partial charge < -0.3 is 5.32 Å². The normalized spacial score (nSPS) is 9.58. The molecule has 0 heterocycles. The highest BCUT2D eigenvalue weighted by Crippen LogP contribution is 2.23. The predicted molar refractivity (Wildman–Crippen MR) is 56.2 cm³/mol. The number of rotatable bonds is 1. The molecule has 1 nitrogen and oxygen atoms in total. The quantitative estimate of drug-likeness (QED) is 0.475. The summed E-state index contributed by atoms with van der Waals surface area (Å²) >= 11 is 13.2. The van der Waals surface area contributed by atoms with Gasteiger partial charge in [-0.15, -0.1) is 0 Å². The van der Waals surface area contributed by atoms with Crippen LogP contribution in [0.5, 0.6) is 0 Å². The molecule has 0 radical (unpaired) electrons. The van der Waals surface area contributed by atoms with Crippen LogP contribution in [0.15, 0.2) is 22.7 Å². The lowest BCUT2D eigenvalue weighted by molar-refractivity contribution is 0.627. The van der Waals surface area contributed by atoms with E-state index in [2.05, 4.69) is 33.5 Å². The Morgan fingerprint density at radius 2 is 2.25 bits per heavy atom. The van der Waals surface area contributed by atoms with Crippen molar-refractivity contribution in [1.82, 2.24) is 0 Å². The van der Waals surface area contributed by atoms with Crippen molar-refractivity contribution in [1.29, 1.82) is 0 Å². The van der Waals surface area contributed by atoms with Gasteiger partial charge in [-0.25, -0.2) is 4.39 Å². The second-order valence-corrected chi connectivity index (χ2v) is 3.89. The van der Waals surface area contributed by atoms with Crippen molar-refractivity contribution in [2.45, 2.75) is 0 Å². The molecule has 0 fully saturated rings. The van der Waals surface area contributed by atoms with E-state index < -0.39 is 0 Å². The van der Waals surface area contributed by atoms with Gasteiger partial charge in [0, 0.05) is 4.47 Å². The second-order valence-electron chi connectivity index (χ2n) is 2.02. The number of thiocarbonyl (C=S) groups is 1. The van der Waals surface area contributed by atoms with E-state index in [1.165, 1.54) is 12.1 Å². The van der Waals surface area contributed by atoms with Crippen molar-refractivity contribution < 1.29 is 4.39 Å². The van der Waals surface area contributed by atoms with Gasteiger partial charge in [-0.2, -0.15) is 0 Å². The second kappa shape index (κ2) is 4.16. The third kappa shape index (κ3) is 2.69. The highest BCUT2D eigenvalue weighted by molar-refractivity contribution is 9.10. The van der Waals surface area contributed by atoms with Crippen LogP contribution in [0.2, 0.25) is 0 Å². The molecule has 1 aromatic rings. The van der Waals surface area contributed by atoms with Crippen molar-refractivity contribution in [3.8, 4) is 0 Å². The molecule has 0 amide bonds. The minimum atomic E-state index is -0.312. The summed E-state index contributed by atoms with van der Waals surface area (Å²) in [7, 11) is 0. The summed E-state index contributed by atoms with van der Waals surface area (Å²) in [4.78, 5) is 0. The fourth-order valence-corrected chi connectivity index (χ4v) is 1.36. The maximum Gasteiger partial charge on any atom is 0.171 e. The zero-order valence-electron chi connectivity index (χ0n) is 5.77. The van der Waals surface area contributed by atoms with Gasteiger partial charge in [-0.3, -0.25) is 0 Å². The molecule has 0 spiro atoms. The molecule has 0 saturated heterocycles. The molecule has 0 aromatic heterocycles. The van der Waals surface area contributed by atoms with Crippen molar-refractivity contribution in [2.24, 2.45) is 0 Å². The molecule has 0 aliphatic carbocycles. The third-order valence-electron chi connectivity index (χ3n) is 1.16. The van der Waals surface area contributed by atoms with Gasteiger partial charge in [0.25, 0.3) is 0 Å². The van der Waals surface area contributed by atoms with E-state index in [4.69, 9.17) is 11.6 Å². The standard InChI is InChI=1S/C7H4BrClFNS/c8-5-3-4(10)1-2-6(5)11-7(9)12/h1-3H,(H,11,12). The van der Waals surface area contributed by atoms with Crippen LogP contribution in [0.1, 0.15) is 0 Å². The maximum atomic E-state index is 12.6. The molecule has 0 aliphatic rings. The Morgan fingerprint density at radius 1 is 1.58 bits per heavy atom. The number of anilines is 1. The van der Waals surface area contributed by atoms with Crippen LogP contribution in [0, 0.1) is 5.82 Å². The largest absolute Gasteiger partial charge is 0.336 e. The molecule has 64 valence electrons. The molecule has 0 saturated carbocycles. The van der Waals surface area contributed by atoms with E-state index >= 15 is 0 Å². The van der Waals surface area contributed by atoms with Crippen LogP contribution < -0.4 is 5.32 Å². The van der Waals surface area contributed by atoms with Crippen LogP contribution in [0.4, 0.5) is 10.1 Å². The minimum Gasteiger partial charge on any atom is -0.336 e. The lowest BCUT2D eigenvalue weighted by atomic mass is 10.3. The van der Waals surface area contributed by atoms with E-state index in [1.807, 2.05) is 0 Å². The van der Waals surface area contributed by atoms with Gasteiger partial charge in [0.1, 0.15) is 5.82 Å².